The van der Waals surface area contributed by atoms with E-state index in [9.17, 15) is 0 Å². The molecular weight excluding hydrogens is 244 g/mol. The first-order valence-electron chi connectivity index (χ1n) is 6.22. The van der Waals surface area contributed by atoms with Gasteiger partial charge < -0.3 is 14.7 Å². The summed E-state index contributed by atoms with van der Waals surface area (Å²) in [4.78, 5) is 6.30. The molecule has 18 heavy (non-hydrogen) atoms. The Balaban J connectivity index is 2.07. The first kappa shape index (κ1) is 11.5. The van der Waals surface area contributed by atoms with Crippen LogP contribution >= 0.6 is 12.2 Å². The Morgan fingerprint density at radius 3 is 3.00 bits per heavy atom. The smallest absolute Gasteiger partial charge is 0.174 e. The predicted octanol–water partition coefficient (Wildman–Crippen LogP) is 3.55. The molecule has 0 fully saturated rings. The summed E-state index contributed by atoms with van der Waals surface area (Å²) in [6.45, 7) is 0. The van der Waals surface area contributed by atoms with Gasteiger partial charge in [0.2, 0.25) is 0 Å². The minimum Gasteiger partial charge on any atom is -0.497 e. The second kappa shape index (κ2) is 4.61. The molecule has 0 saturated carbocycles. The molecule has 0 aliphatic heterocycles. The number of ether oxygens (including phenoxy) is 1. The maximum atomic E-state index is 5.33. The van der Waals surface area contributed by atoms with E-state index in [-0.39, 0.29) is 0 Å². The van der Waals surface area contributed by atoms with E-state index < -0.39 is 0 Å². The minimum absolute atomic E-state index is 0.400. The van der Waals surface area contributed by atoms with Crippen LogP contribution in [0.25, 0.3) is 0 Å². The average Bonchev–Trinajstić information content (AvgIpc) is 2.84. The number of H-pyrrole nitrogens is 2. The molecule has 0 radical (unpaired) electrons. The Bertz CT molecular complexity index is 614. The predicted molar refractivity (Wildman–Crippen MR) is 73.8 cm³/mol. The topological polar surface area (TPSA) is 40.8 Å². The lowest BCUT2D eigenvalue weighted by atomic mass is 9.81. The van der Waals surface area contributed by atoms with Crippen molar-refractivity contribution < 1.29 is 4.74 Å². The number of benzene rings is 1. The number of hydrogen-bond donors (Lipinski definition) is 2. The van der Waals surface area contributed by atoms with Crippen LogP contribution in [0.2, 0.25) is 0 Å². The van der Waals surface area contributed by atoms with Crippen molar-refractivity contribution in [3.8, 4) is 5.75 Å². The minimum atomic E-state index is 0.400. The molecule has 3 nitrogen and oxygen atoms in total. The van der Waals surface area contributed by atoms with Crippen molar-refractivity contribution in [3.63, 3.8) is 0 Å². The highest BCUT2D eigenvalue weighted by atomic mass is 32.1. The number of aromatic amines is 2. The Labute approximate surface area is 111 Å². The molecule has 1 heterocycles. The van der Waals surface area contributed by atoms with Gasteiger partial charge in [-0.05, 0) is 54.7 Å². The van der Waals surface area contributed by atoms with Crippen LogP contribution < -0.4 is 4.74 Å². The molecule has 3 rings (SSSR count). The van der Waals surface area contributed by atoms with Crippen LogP contribution in [0.5, 0.6) is 5.75 Å². The zero-order chi connectivity index (χ0) is 12.5. The van der Waals surface area contributed by atoms with Crippen molar-refractivity contribution in [3.05, 3.63) is 46.0 Å². The van der Waals surface area contributed by atoms with Crippen molar-refractivity contribution in [1.29, 1.82) is 0 Å². The van der Waals surface area contributed by atoms with E-state index >= 15 is 0 Å². The highest BCUT2D eigenvalue weighted by molar-refractivity contribution is 7.71. The summed E-state index contributed by atoms with van der Waals surface area (Å²) >= 11 is 5.11. The Morgan fingerprint density at radius 1 is 1.39 bits per heavy atom. The summed E-state index contributed by atoms with van der Waals surface area (Å²) in [5.74, 6) is 1.33. The standard InChI is InChI=1S/C14H16N2OS/c1-17-10-6-5-9-3-2-4-11(12(9)7-10)13-8-15-14(18)16-13/h5-8,11H,2-4H2,1H3,(H2,15,16,18). The normalized spacial score (nSPS) is 18.4. The van der Waals surface area contributed by atoms with Gasteiger partial charge in [0, 0.05) is 17.8 Å². The second-order valence-electron chi connectivity index (χ2n) is 4.71. The Kier molecular flexibility index (Phi) is 2.96. The third-order valence-corrected chi connectivity index (χ3v) is 3.88. The van der Waals surface area contributed by atoms with Crippen molar-refractivity contribution in [2.24, 2.45) is 0 Å². The fourth-order valence-electron chi connectivity index (χ4n) is 2.76. The van der Waals surface area contributed by atoms with E-state index in [1.165, 1.54) is 23.2 Å². The highest BCUT2D eigenvalue weighted by Gasteiger charge is 2.23. The lowest BCUT2D eigenvalue weighted by Crippen LogP contribution is -2.11. The average molecular weight is 260 g/mol. The molecule has 2 aromatic rings. The number of nitrogens with one attached hydrogen (secondary N) is 2. The van der Waals surface area contributed by atoms with E-state index in [1.807, 2.05) is 12.3 Å². The molecule has 1 atom stereocenters. The highest BCUT2D eigenvalue weighted by Crippen LogP contribution is 2.37. The summed E-state index contributed by atoms with van der Waals surface area (Å²) in [6.07, 6.45) is 5.52. The number of aryl methyl sites for hydroxylation is 1. The molecule has 1 aliphatic carbocycles. The van der Waals surface area contributed by atoms with Gasteiger partial charge in [0.05, 0.1) is 7.11 Å². The van der Waals surface area contributed by atoms with E-state index in [1.54, 1.807) is 7.11 Å². The lowest BCUT2D eigenvalue weighted by molar-refractivity contribution is 0.413. The molecule has 0 bridgehead atoms. The van der Waals surface area contributed by atoms with Crippen molar-refractivity contribution in [2.45, 2.75) is 25.2 Å². The monoisotopic (exact) mass is 260 g/mol. The van der Waals surface area contributed by atoms with Crippen molar-refractivity contribution >= 4 is 12.2 Å². The summed E-state index contributed by atoms with van der Waals surface area (Å²) in [5.41, 5.74) is 3.97. The van der Waals surface area contributed by atoms with Gasteiger partial charge in [-0.25, -0.2) is 0 Å². The zero-order valence-electron chi connectivity index (χ0n) is 10.3. The van der Waals surface area contributed by atoms with Gasteiger partial charge in [-0.2, -0.15) is 0 Å². The quantitative estimate of drug-likeness (QED) is 0.811. The largest absolute Gasteiger partial charge is 0.497 e. The Hall–Kier alpha value is -1.55. The molecule has 0 saturated heterocycles. The summed E-state index contributed by atoms with van der Waals surface area (Å²) in [5, 5.41) is 0. The number of aromatic nitrogens is 2. The SMILES string of the molecule is COc1ccc2c(c1)C(c1c[nH]c(=S)[nH]1)CCC2. The fourth-order valence-corrected chi connectivity index (χ4v) is 2.94. The van der Waals surface area contributed by atoms with Crippen LogP contribution in [-0.2, 0) is 6.42 Å². The maximum absolute atomic E-state index is 5.33. The molecular formula is C14H16N2OS. The number of fused-ring (bicyclic) bond motifs is 1. The Morgan fingerprint density at radius 2 is 2.28 bits per heavy atom. The molecule has 1 unspecified atom stereocenters. The van der Waals surface area contributed by atoms with Gasteiger partial charge in [-0.3, -0.25) is 0 Å². The fraction of sp³-hybridized carbons (Fsp3) is 0.357. The van der Waals surface area contributed by atoms with Crippen molar-refractivity contribution in [1.82, 2.24) is 9.97 Å². The summed E-state index contributed by atoms with van der Waals surface area (Å²) in [6, 6.07) is 6.38. The number of hydrogen-bond acceptors (Lipinski definition) is 2. The van der Waals surface area contributed by atoms with Crippen LogP contribution in [0.1, 0.15) is 35.6 Å². The van der Waals surface area contributed by atoms with Crippen LogP contribution in [0.3, 0.4) is 0 Å². The van der Waals surface area contributed by atoms with Gasteiger partial charge in [-0.15, -0.1) is 0 Å². The number of imidazole rings is 1. The first-order chi connectivity index (χ1) is 8.78. The molecule has 1 aliphatic rings. The van der Waals surface area contributed by atoms with Crippen LogP contribution in [0.4, 0.5) is 0 Å². The molecule has 0 amide bonds. The summed E-state index contributed by atoms with van der Waals surface area (Å²) in [7, 11) is 1.71. The second-order valence-corrected chi connectivity index (χ2v) is 5.12. The van der Waals surface area contributed by atoms with E-state index in [0.717, 1.165) is 18.6 Å². The lowest BCUT2D eigenvalue weighted by Gasteiger charge is -2.25. The number of rotatable bonds is 2. The summed E-state index contributed by atoms with van der Waals surface area (Å²) < 4.78 is 6.03. The zero-order valence-corrected chi connectivity index (χ0v) is 11.1. The number of methoxy groups -OCH3 is 1. The van der Waals surface area contributed by atoms with E-state index in [0.29, 0.717) is 10.7 Å². The molecule has 1 aromatic heterocycles. The van der Waals surface area contributed by atoms with Crippen LogP contribution in [0.15, 0.2) is 24.4 Å². The van der Waals surface area contributed by atoms with Crippen LogP contribution in [-0.4, -0.2) is 17.1 Å². The van der Waals surface area contributed by atoms with Crippen LogP contribution in [0, 0.1) is 4.77 Å². The molecule has 1 aromatic carbocycles. The molecule has 4 heteroatoms. The molecule has 2 N–H and O–H groups in total. The van der Waals surface area contributed by atoms with Gasteiger partial charge >= 0.3 is 0 Å². The van der Waals surface area contributed by atoms with Gasteiger partial charge in [0.1, 0.15) is 5.75 Å². The maximum Gasteiger partial charge on any atom is 0.174 e. The van der Waals surface area contributed by atoms with Gasteiger partial charge in [0.15, 0.2) is 4.77 Å². The van der Waals surface area contributed by atoms with E-state index in [4.69, 9.17) is 17.0 Å². The van der Waals surface area contributed by atoms with Crippen molar-refractivity contribution in [2.75, 3.05) is 7.11 Å². The first-order valence-corrected chi connectivity index (χ1v) is 6.63. The third kappa shape index (κ3) is 1.97. The third-order valence-electron chi connectivity index (χ3n) is 3.66. The molecule has 94 valence electrons. The van der Waals surface area contributed by atoms with Gasteiger partial charge in [0.25, 0.3) is 0 Å². The van der Waals surface area contributed by atoms with E-state index in [2.05, 4.69) is 22.1 Å². The molecule has 0 spiro atoms. The van der Waals surface area contributed by atoms with Gasteiger partial charge in [-0.1, -0.05) is 6.07 Å².